The molecule has 1 rings (SSSR count). The van der Waals surface area contributed by atoms with E-state index in [2.05, 4.69) is 57.2 Å². The maximum absolute atomic E-state index is 5.55. The average molecular weight is 218 g/mol. The predicted octanol–water partition coefficient (Wildman–Crippen LogP) is 4.23. The van der Waals surface area contributed by atoms with Crippen LogP contribution in [0.4, 0.5) is 0 Å². The SMILES string of the molecule is C/C=C\C(C)Cc1ccc(OCCC)cc1. The van der Waals surface area contributed by atoms with Gasteiger partial charge in [0.2, 0.25) is 0 Å². The molecule has 0 saturated carbocycles. The molecule has 1 nitrogen and oxygen atoms in total. The quantitative estimate of drug-likeness (QED) is 0.649. The van der Waals surface area contributed by atoms with Gasteiger partial charge < -0.3 is 4.74 Å². The fourth-order valence-corrected chi connectivity index (χ4v) is 1.71. The van der Waals surface area contributed by atoms with Gasteiger partial charge in [0.15, 0.2) is 0 Å². The van der Waals surface area contributed by atoms with E-state index in [9.17, 15) is 0 Å². The predicted molar refractivity (Wildman–Crippen MR) is 69.9 cm³/mol. The maximum atomic E-state index is 5.55. The summed E-state index contributed by atoms with van der Waals surface area (Å²) in [5.74, 6) is 1.58. The van der Waals surface area contributed by atoms with E-state index in [-0.39, 0.29) is 0 Å². The zero-order valence-electron chi connectivity index (χ0n) is 10.6. The number of rotatable bonds is 6. The molecule has 16 heavy (non-hydrogen) atoms. The van der Waals surface area contributed by atoms with Crippen LogP contribution in [0.2, 0.25) is 0 Å². The van der Waals surface area contributed by atoms with Crippen LogP contribution in [0.25, 0.3) is 0 Å². The van der Waals surface area contributed by atoms with Gasteiger partial charge in [-0.25, -0.2) is 0 Å². The standard InChI is InChI=1S/C15H22O/c1-4-6-13(3)12-14-7-9-15(10-8-14)16-11-5-2/h4,6-10,13H,5,11-12H2,1-3H3/b6-4-. The number of hydrogen-bond donors (Lipinski definition) is 0. The van der Waals surface area contributed by atoms with E-state index in [0.29, 0.717) is 5.92 Å². The topological polar surface area (TPSA) is 9.23 Å². The molecule has 1 atom stereocenters. The second-order valence-corrected chi connectivity index (χ2v) is 4.20. The summed E-state index contributed by atoms with van der Waals surface area (Å²) >= 11 is 0. The minimum Gasteiger partial charge on any atom is -0.494 e. The van der Waals surface area contributed by atoms with Crippen LogP contribution in [0.5, 0.6) is 5.75 Å². The van der Waals surface area contributed by atoms with Crippen LogP contribution in [0.15, 0.2) is 36.4 Å². The first-order valence-electron chi connectivity index (χ1n) is 6.10. The first kappa shape index (κ1) is 12.8. The molecule has 1 unspecified atom stereocenters. The molecule has 0 fully saturated rings. The fourth-order valence-electron chi connectivity index (χ4n) is 1.71. The van der Waals surface area contributed by atoms with Gasteiger partial charge in [0.1, 0.15) is 5.75 Å². The van der Waals surface area contributed by atoms with Crippen molar-refractivity contribution in [3.05, 3.63) is 42.0 Å². The lowest BCUT2D eigenvalue weighted by atomic mass is 10.0. The van der Waals surface area contributed by atoms with Gasteiger partial charge in [0, 0.05) is 0 Å². The Labute approximate surface area is 99.1 Å². The lowest BCUT2D eigenvalue weighted by molar-refractivity contribution is 0.317. The van der Waals surface area contributed by atoms with Crippen LogP contribution in [-0.4, -0.2) is 6.61 Å². The second kappa shape index (κ2) is 7.10. The minimum atomic E-state index is 0.604. The molecule has 0 bridgehead atoms. The zero-order chi connectivity index (χ0) is 11.8. The van der Waals surface area contributed by atoms with Gasteiger partial charge in [0.25, 0.3) is 0 Å². The highest BCUT2D eigenvalue weighted by Crippen LogP contribution is 2.15. The molecule has 0 aliphatic rings. The second-order valence-electron chi connectivity index (χ2n) is 4.20. The highest BCUT2D eigenvalue weighted by molar-refractivity contribution is 5.27. The molecule has 0 saturated heterocycles. The first-order chi connectivity index (χ1) is 7.76. The van der Waals surface area contributed by atoms with Crippen LogP contribution < -0.4 is 4.74 Å². The van der Waals surface area contributed by atoms with Crippen LogP contribution in [0.3, 0.4) is 0 Å². The first-order valence-corrected chi connectivity index (χ1v) is 6.10. The molecule has 1 heteroatoms. The van der Waals surface area contributed by atoms with Crippen molar-refractivity contribution in [1.29, 1.82) is 0 Å². The van der Waals surface area contributed by atoms with Gasteiger partial charge in [-0.1, -0.05) is 38.1 Å². The summed E-state index contributed by atoms with van der Waals surface area (Å²) < 4.78 is 5.55. The largest absolute Gasteiger partial charge is 0.494 e. The number of benzene rings is 1. The highest BCUT2D eigenvalue weighted by Gasteiger charge is 2.00. The van der Waals surface area contributed by atoms with Crippen molar-refractivity contribution >= 4 is 0 Å². The van der Waals surface area contributed by atoms with E-state index in [1.807, 2.05) is 0 Å². The lowest BCUT2D eigenvalue weighted by Crippen LogP contribution is -1.97. The van der Waals surface area contributed by atoms with Gasteiger partial charge >= 0.3 is 0 Å². The van der Waals surface area contributed by atoms with Gasteiger partial charge in [-0.15, -0.1) is 0 Å². The monoisotopic (exact) mass is 218 g/mol. The molecular formula is C15H22O. The molecule has 88 valence electrons. The summed E-state index contributed by atoms with van der Waals surface area (Å²) in [4.78, 5) is 0. The molecular weight excluding hydrogens is 196 g/mol. The average Bonchev–Trinajstić information content (AvgIpc) is 2.28. The van der Waals surface area contributed by atoms with Crippen LogP contribution in [-0.2, 0) is 6.42 Å². The molecule has 0 aromatic heterocycles. The van der Waals surface area contributed by atoms with Crippen LogP contribution in [0.1, 0.15) is 32.8 Å². The Kier molecular flexibility index (Phi) is 5.69. The molecule has 0 aliphatic carbocycles. The Morgan fingerprint density at radius 2 is 1.94 bits per heavy atom. The van der Waals surface area contributed by atoms with Gasteiger partial charge in [-0.05, 0) is 43.4 Å². The molecule has 0 aliphatic heterocycles. The van der Waals surface area contributed by atoms with Crippen LogP contribution in [0, 0.1) is 5.92 Å². The maximum Gasteiger partial charge on any atom is 0.119 e. The van der Waals surface area contributed by atoms with Gasteiger partial charge in [-0.2, -0.15) is 0 Å². The summed E-state index contributed by atoms with van der Waals surface area (Å²) in [6.45, 7) is 7.22. The Hall–Kier alpha value is -1.24. The summed E-state index contributed by atoms with van der Waals surface area (Å²) in [5, 5.41) is 0. The van der Waals surface area contributed by atoms with Crippen molar-refractivity contribution in [2.24, 2.45) is 5.92 Å². The summed E-state index contributed by atoms with van der Waals surface area (Å²) in [5.41, 5.74) is 1.37. The normalized spacial score (nSPS) is 12.9. The lowest BCUT2D eigenvalue weighted by Gasteiger charge is -2.08. The van der Waals surface area contributed by atoms with E-state index in [0.717, 1.165) is 25.2 Å². The summed E-state index contributed by atoms with van der Waals surface area (Å²) in [6, 6.07) is 8.44. The van der Waals surface area contributed by atoms with E-state index in [1.165, 1.54) is 5.56 Å². The molecule has 1 aromatic rings. The van der Waals surface area contributed by atoms with Crippen molar-refractivity contribution in [3.8, 4) is 5.75 Å². The smallest absolute Gasteiger partial charge is 0.119 e. The highest BCUT2D eigenvalue weighted by atomic mass is 16.5. The third-order valence-corrected chi connectivity index (χ3v) is 2.47. The summed E-state index contributed by atoms with van der Waals surface area (Å²) in [7, 11) is 0. The van der Waals surface area contributed by atoms with Crippen LogP contribution >= 0.6 is 0 Å². The van der Waals surface area contributed by atoms with Crippen molar-refractivity contribution in [1.82, 2.24) is 0 Å². The molecule has 0 amide bonds. The number of allylic oxidation sites excluding steroid dienone is 2. The number of hydrogen-bond acceptors (Lipinski definition) is 1. The van der Waals surface area contributed by atoms with E-state index >= 15 is 0 Å². The Bertz CT molecular complexity index is 311. The molecule has 0 radical (unpaired) electrons. The summed E-state index contributed by atoms with van der Waals surface area (Å²) in [6.07, 6.45) is 6.50. The molecule has 0 N–H and O–H groups in total. The molecule has 0 spiro atoms. The Balaban J connectivity index is 2.50. The fraction of sp³-hybridized carbons (Fsp3) is 0.467. The minimum absolute atomic E-state index is 0.604. The third-order valence-electron chi connectivity index (χ3n) is 2.47. The number of ether oxygens (including phenoxy) is 1. The van der Waals surface area contributed by atoms with E-state index in [4.69, 9.17) is 4.74 Å². The molecule has 0 heterocycles. The van der Waals surface area contributed by atoms with Gasteiger partial charge in [-0.3, -0.25) is 0 Å². The molecule has 1 aromatic carbocycles. The van der Waals surface area contributed by atoms with Crippen molar-refractivity contribution in [2.45, 2.75) is 33.6 Å². The van der Waals surface area contributed by atoms with Gasteiger partial charge in [0.05, 0.1) is 6.61 Å². The Morgan fingerprint density at radius 3 is 2.50 bits per heavy atom. The third kappa shape index (κ3) is 4.52. The van der Waals surface area contributed by atoms with Crippen molar-refractivity contribution in [3.63, 3.8) is 0 Å². The van der Waals surface area contributed by atoms with Crippen molar-refractivity contribution < 1.29 is 4.74 Å². The zero-order valence-corrected chi connectivity index (χ0v) is 10.6. The van der Waals surface area contributed by atoms with E-state index in [1.54, 1.807) is 0 Å². The van der Waals surface area contributed by atoms with Crippen molar-refractivity contribution in [2.75, 3.05) is 6.61 Å². The Morgan fingerprint density at radius 1 is 1.25 bits per heavy atom. The van der Waals surface area contributed by atoms with E-state index < -0.39 is 0 Å².